The molecule has 0 aliphatic carbocycles. The van der Waals surface area contributed by atoms with E-state index in [1.807, 2.05) is 30.3 Å². The van der Waals surface area contributed by atoms with E-state index in [2.05, 4.69) is 0 Å². The van der Waals surface area contributed by atoms with Crippen LogP contribution in [0.25, 0.3) is 0 Å². The molecule has 9 nitrogen and oxygen atoms in total. The molecule has 0 saturated carbocycles. The Morgan fingerprint density at radius 1 is 0.941 bits per heavy atom. The lowest BCUT2D eigenvalue weighted by atomic mass is 10.2. The van der Waals surface area contributed by atoms with Gasteiger partial charge in [-0.1, -0.05) is 18.2 Å². The van der Waals surface area contributed by atoms with Crippen molar-refractivity contribution < 1.29 is 31.8 Å². The van der Waals surface area contributed by atoms with Crippen LogP contribution < -0.4 is 14.2 Å². The highest BCUT2D eigenvalue weighted by Gasteiger charge is 2.32. The molecule has 0 radical (unpaired) electrons. The maximum Gasteiger partial charge on any atom is 0.290 e. The fraction of sp³-hybridized carbons (Fsp3) is 0.292. The van der Waals surface area contributed by atoms with Crippen molar-refractivity contribution in [2.24, 2.45) is 0 Å². The van der Waals surface area contributed by atoms with Crippen LogP contribution in [0.2, 0.25) is 0 Å². The first-order valence-electron chi connectivity index (χ1n) is 10.7. The first kappa shape index (κ1) is 23.7. The number of para-hydroxylation sites is 1. The van der Waals surface area contributed by atoms with E-state index in [1.54, 1.807) is 17.0 Å². The van der Waals surface area contributed by atoms with Crippen LogP contribution in [0.4, 0.5) is 0 Å². The maximum absolute atomic E-state index is 13.1. The number of amides is 1. The molecule has 1 saturated heterocycles. The van der Waals surface area contributed by atoms with Crippen LogP contribution in [-0.2, 0) is 16.6 Å². The van der Waals surface area contributed by atoms with E-state index >= 15 is 0 Å². The zero-order chi connectivity index (χ0) is 24.1. The number of furan rings is 1. The van der Waals surface area contributed by atoms with Crippen molar-refractivity contribution in [3.63, 3.8) is 0 Å². The van der Waals surface area contributed by atoms with E-state index < -0.39 is 10.0 Å². The highest BCUT2D eigenvalue weighted by molar-refractivity contribution is 7.89. The number of rotatable bonds is 8. The first-order chi connectivity index (χ1) is 16.4. The molecule has 2 heterocycles. The molecular formula is C24H26N2O7S. The van der Waals surface area contributed by atoms with Crippen LogP contribution in [0.1, 0.15) is 16.1 Å². The van der Waals surface area contributed by atoms with Gasteiger partial charge in [0.25, 0.3) is 5.91 Å². The van der Waals surface area contributed by atoms with Gasteiger partial charge in [-0.25, -0.2) is 8.42 Å². The molecule has 1 amide bonds. The Kier molecular flexibility index (Phi) is 7.09. The molecule has 2 aromatic carbocycles. The summed E-state index contributed by atoms with van der Waals surface area (Å²) in [5.74, 6) is 1.38. The Morgan fingerprint density at radius 2 is 1.65 bits per heavy atom. The van der Waals surface area contributed by atoms with Crippen molar-refractivity contribution in [1.29, 1.82) is 0 Å². The minimum absolute atomic E-state index is 0.108. The van der Waals surface area contributed by atoms with Gasteiger partial charge in [0.1, 0.15) is 12.4 Å². The summed E-state index contributed by atoms with van der Waals surface area (Å²) < 4.78 is 49.2. The Balaban J connectivity index is 1.40. The summed E-state index contributed by atoms with van der Waals surface area (Å²) in [4.78, 5) is 14.7. The molecule has 34 heavy (non-hydrogen) atoms. The third-order valence-corrected chi connectivity index (χ3v) is 7.49. The Labute approximate surface area is 198 Å². The van der Waals surface area contributed by atoms with Crippen molar-refractivity contribution >= 4 is 15.9 Å². The Morgan fingerprint density at radius 3 is 2.32 bits per heavy atom. The third kappa shape index (κ3) is 4.87. The smallest absolute Gasteiger partial charge is 0.290 e. The molecular weight excluding hydrogens is 460 g/mol. The van der Waals surface area contributed by atoms with Gasteiger partial charge >= 0.3 is 0 Å². The Hall–Kier alpha value is -3.50. The molecule has 1 aromatic heterocycles. The standard InChI is InChI=1S/C24H26N2O7S/c1-30-21-9-8-20(16-22(21)31-2)34(28,29)26-13-11-25(12-14-26)24(27)23-18(10-15-32-23)17-33-19-6-4-3-5-7-19/h3-10,15-16H,11-14,17H2,1-2H3. The topological polar surface area (TPSA) is 98.5 Å². The number of hydrogen-bond acceptors (Lipinski definition) is 7. The van der Waals surface area contributed by atoms with Gasteiger partial charge in [0.05, 0.1) is 25.4 Å². The van der Waals surface area contributed by atoms with E-state index in [0.29, 0.717) is 22.8 Å². The molecule has 0 N–H and O–H groups in total. The van der Waals surface area contributed by atoms with Gasteiger partial charge in [-0.3, -0.25) is 4.79 Å². The molecule has 10 heteroatoms. The maximum atomic E-state index is 13.1. The number of carbonyl (C=O) groups excluding carboxylic acids is 1. The minimum atomic E-state index is -3.75. The van der Waals surface area contributed by atoms with Gasteiger partial charge < -0.3 is 23.5 Å². The highest BCUT2D eigenvalue weighted by atomic mass is 32.2. The van der Waals surface area contributed by atoms with Crippen LogP contribution in [0.3, 0.4) is 0 Å². The second kappa shape index (κ2) is 10.2. The predicted molar refractivity (Wildman–Crippen MR) is 124 cm³/mol. The van der Waals surface area contributed by atoms with E-state index in [9.17, 15) is 13.2 Å². The van der Waals surface area contributed by atoms with E-state index in [1.165, 1.54) is 36.9 Å². The third-order valence-electron chi connectivity index (χ3n) is 5.60. The normalized spacial score (nSPS) is 14.6. The zero-order valence-corrected chi connectivity index (χ0v) is 19.8. The largest absolute Gasteiger partial charge is 0.493 e. The summed E-state index contributed by atoms with van der Waals surface area (Å²) in [6.07, 6.45) is 1.45. The van der Waals surface area contributed by atoms with E-state index in [-0.39, 0.29) is 49.3 Å². The van der Waals surface area contributed by atoms with Crippen molar-refractivity contribution in [3.05, 3.63) is 72.2 Å². The lowest BCUT2D eigenvalue weighted by molar-refractivity contribution is 0.0662. The molecule has 3 aromatic rings. The van der Waals surface area contributed by atoms with Gasteiger partial charge in [0, 0.05) is 37.8 Å². The fourth-order valence-corrected chi connectivity index (χ4v) is 5.15. The molecule has 0 spiro atoms. The summed E-state index contributed by atoms with van der Waals surface area (Å²) in [7, 11) is -0.816. The van der Waals surface area contributed by atoms with Gasteiger partial charge in [-0.15, -0.1) is 0 Å². The number of methoxy groups -OCH3 is 2. The Bertz CT molecular complexity index is 1230. The molecule has 0 unspecified atom stereocenters. The number of piperazine rings is 1. The highest BCUT2D eigenvalue weighted by Crippen LogP contribution is 2.31. The van der Waals surface area contributed by atoms with Crippen molar-refractivity contribution in [2.75, 3.05) is 40.4 Å². The van der Waals surface area contributed by atoms with Crippen LogP contribution in [0, 0.1) is 0 Å². The summed E-state index contributed by atoms with van der Waals surface area (Å²) in [5, 5.41) is 0. The SMILES string of the molecule is COc1ccc(S(=O)(=O)N2CCN(C(=O)c3occc3COc3ccccc3)CC2)cc1OC. The van der Waals surface area contributed by atoms with Crippen molar-refractivity contribution in [2.45, 2.75) is 11.5 Å². The van der Waals surface area contributed by atoms with Crippen molar-refractivity contribution in [1.82, 2.24) is 9.21 Å². The average molecular weight is 487 g/mol. The lowest BCUT2D eigenvalue weighted by Crippen LogP contribution is -2.50. The number of carbonyl (C=O) groups is 1. The monoisotopic (exact) mass is 486 g/mol. The lowest BCUT2D eigenvalue weighted by Gasteiger charge is -2.33. The van der Waals surface area contributed by atoms with Crippen LogP contribution in [0.5, 0.6) is 17.2 Å². The fourth-order valence-electron chi connectivity index (χ4n) is 3.72. The first-order valence-corrected chi connectivity index (χ1v) is 12.1. The molecule has 180 valence electrons. The average Bonchev–Trinajstić information content (AvgIpc) is 3.36. The molecule has 1 fully saturated rings. The van der Waals surface area contributed by atoms with Crippen LogP contribution in [0.15, 0.2) is 70.2 Å². The number of hydrogen-bond donors (Lipinski definition) is 0. The van der Waals surface area contributed by atoms with Gasteiger partial charge in [0.2, 0.25) is 10.0 Å². The van der Waals surface area contributed by atoms with Crippen molar-refractivity contribution in [3.8, 4) is 17.2 Å². The van der Waals surface area contributed by atoms with Crippen LogP contribution >= 0.6 is 0 Å². The number of benzene rings is 2. The van der Waals surface area contributed by atoms with E-state index in [4.69, 9.17) is 18.6 Å². The van der Waals surface area contributed by atoms with Gasteiger partial charge in [-0.05, 0) is 30.3 Å². The zero-order valence-electron chi connectivity index (χ0n) is 19.0. The second-order valence-corrected chi connectivity index (χ2v) is 9.53. The summed E-state index contributed by atoms with van der Waals surface area (Å²) in [5.41, 5.74) is 0.634. The van der Waals surface area contributed by atoms with E-state index in [0.717, 1.165) is 0 Å². The van der Waals surface area contributed by atoms with Gasteiger partial charge in [-0.2, -0.15) is 4.31 Å². The molecule has 0 bridgehead atoms. The number of sulfonamides is 1. The predicted octanol–water partition coefficient (Wildman–Crippen LogP) is 3.02. The number of ether oxygens (including phenoxy) is 3. The van der Waals surface area contributed by atoms with Gasteiger partial charge in [0.15, 0.2) is 17.3 Å². The second-order valence-electron chi connectivity index (χ2n) is 7.59. The molecule has 4 rings (SSSR count). The summed E-state index contributed by atoms with van der Waals surface area (Å²) >= 11 is 0. The molecule has 0 atom stereocenters. The quantitative estimate of drug-likeness (QED) is 0.483. The summed E-state index contributed by atoms with van der Waals surface area (Å²) in [6.45, 7) is 1.00. The number of nitrogens with zero attached hydrogens (tertiary/aromatic N) is 2. The minimum Gasteiger partial charge on any atom is -0.493 e. The van der Waals surface area contributed by atoms with Crippen LogP contribution in [-0.4, -0.2) is 63.9 Å². The summed E-state index contributed by atoms with van der Waals surface area (Å²) in [6, 6.07) is 15.5. The molecule has 1 aliphatic heterocycles. The molecule has 1 aliphatic rings.